The molecule has 108 valence electrons. The van der Waals surface area contributed by atoms with E-state index in [4.69, 9.17) is 15.7 Å². The van der Waals surface area contributed by atoms with E-state index in [2.05, 4.69) is 10.5 Å². The first-order valence-electron chi connectivity index (χ1n) is 6.60. The Morgan fingerprint density at radius 1 is 1.50 bits per heavy atom. The standard InChI is InChI=1S/C14H19N3O3/c15-13(17-19)12(11-4-2-1-3-5-11)14(18)16-8-10-6-7-20-9-10/h1-5,10,12,19H,6-9H2,(H2,15,17)(H,16,18). The molecular weight excluding hydrogens is 258 g/mol. The topological polar surface area (TPSA) is 96.9 Å². The second-order valence-electron chi connectivity index (χ2n) is 4.84. The van der Waals surface area contributed by atoms with E-state index in [9.17, 15) is 4.79 Å². The lowest BCUT2D eigenvalue weighted by Gasteiger charge is -2.17. The van der Waals surface area contributed by atoms with Crippen LogP contribution in [0.4, 0.5) is 0 Å². The van der Waals surface area contributed by atoms with Gasteiger partial charge in [0.15, 0.2) is 5.84 Å². The van der Waals surface area contributed by atoms with Crippen molar-refractivity contribution in [2.24, 2.45) is 16.8 Å². The summed E-state index contributed by atoms with van der Waals surface area (Å²) in [6, 6.07) is 9.03. The van der Waals surface area contributed by atoms with E-state index in [0.717, 1.165) is 13.0 Å². The molecule has 4 N–H and O–H groups in total. The predicted molar refractivity (Wildman–Crippen MR) is 74.5 cm³/mol. The SMILES string of the molecule is NC(=NO)C(C(=O)NCC1CCOC1)c1ccccc1. The molecule has 1 aliphatic rings. The normalized spacial score (nSPS) is 20.6. The van der Waals surface area contributed by atoms with Crippen LogP contribution in [0.15, 0.2) is 35.5 Å². The summed E-state index contributed by atoms with van der Waals surface area (Å²) in [5.41, 5.74) is 6.35. The molecule has 20 heavy (non-hydrogen) atoms. The number of nitrogens with zero attached hydrogens (tertiary/aromatic N) is 1. The second kappa shape index (κ2) is 6.91. The number of carbonyl (C=O) groups is 1. The number of oxime groups is 1. The number of nitrogens with one attached hydrogen (secondary N) is 1. The molecule has 1 saturated heterocycles. The summed E-state index contributed by atoms with van der Waals surface area (Å²) in [6.07, 6.45) is 0.944. The van der Waals surface area contributed by atoms with Crippen LogP contribution >= 0.6 is 0 Å². The average molecular weight is 277 g/mol. The Hall–Kier alpha value is -2.08. The third kappa shape index (κ3) is 3.48. The lowest BCUT2D eigenvalue weighted by molar-refractivity contribution is -0.121. The number of amides is 1. The van der Waals surface area contributed by atoms with Crippen molar-refractivity contribution in [1.82, 2.24) is 5.32 Å². The van der Waals surface area contributed by atoms with Crippen LogP contribution < -0.4 is 11.1 Å². The molecule has 1 amide bonds. The highest BCUT2D eigenvalue weighted by atomic mass is 16.5. The summed E-state index contributed by atoms with van der Waals surface area (Å²) < 4.78 is 5.26. The maximum atomic E-state index is 12.3. The van der Waals surface area contributed by atoms with Gasteiger partial charge in [0, 0.05) is 19.1 Å². The summed E-state index contributed by atoms with van der Waals surface area (Å²) in [4.78, 5) is 12.3. The zero-order valence-corrected chi connectivity index (χ0v) is 11.2. The van der Waals surface area contributed by atoms with E-state index in [0.29, 0.717) is 24.6 Å². The van der Waals surface area contributed by atoms with Crippen molar-refractivity contribution in [1.29, 1.82) is 0 Å². The van der Waals surface area contributed by atoms with E-state index in [1.807, 2.05) is 18.2 Å². The lowest BCUT2D eigenvalue weighted by Crippen LogP contribution is -2.39. The van der Waals surface area contributed by atoms with Crippen LogP contribution in [0.2, 0.25) is 0 Å². The fourth-order valence-corrected chi connectivity index (χ4v) is 2.25. The minimum absolute atomic E-state index is 0.114. The number of ether oxygens (including phenoxy) is 1. The first-order chi connectivity index (χ1) is 9.72. The quantitative estimate of drug-likeness (QED) is 0.319. The van der Waals surface area contributed by atoms with E-state index in [-0.39, 0.29) is 11.7 Å². The Morgan fingerprint density at radius 2 is 2.25 bits per heavy atom. The molecule has 2 rings (SSSR count). The van der Waals surface area contributed by atoms with Crippen LogP contribution in [0.25, 0.3) is 0 Å². The van der Waals surface area contributed by atoms with Crippen molar-refractivity contribution in [3.05, 3.63) is 35.9 Å². The van der Waals surface area contributed by atoms with Gasteiger partial charge in [0.25, 0.3) is 0 Å². The number of nitrogens with two attached hydrogens (primary N) is 1. The van der Waals surface area contributed by atoms with E-state index in [1.54, 1.807) is 12.1 Å². The minimum atomic E-state index is -0.775. The van der Waals surface area contributed by atoms with Gasteiger partial charge in [-0.25, -0.2) is 0 Å². The van der Waals surface area contributed by atoms with Gasteiger partial charge in [-0.2, -0.15) is 0 Å². The molecule has 6 heteroatoms. The van der Waals surface area contributed by atoms with Crippen LogP contribution in [-0.2, 0) is 9.53 Å². The van der Waals surface area contributed by atoms with Crippen LogP contribution in [0.3, 0.4) is 0 Å². The molecule has 2 atom stereocenters. The zero-order valence-electron chi connectivity index (χ0n) is 11.2. The van der Waals surface area contributed by atoms with Gasteiger partial charge in [0.05, 0.1) is 6.61 Å². The first-order valence-corrected chi connectivity index (χ1v) is 6.60. The highest BCUT2D eigenvalue weighted by molar-refractivity contribution is 6.07. The molecule has 2 unspecified atom stereocenters. The third-order valence-electron chi connectivity index (χ3n) is 3.40. The van der Waals surface area contributed by atoms with Gasteiger partial charge in [-0.15, -0.1) is 0 Å². The fourth-order valence-electron chi connectivity index (χ4n) is 2.25. The Bertz CT molecular complexity index is 470. The molecule has 6 nitrogen and oxygen atoms in total. The molecule has 0 aliphatic carbocycles. The number of hydrogen-bond acceptors (Lipinski definition) is 4. The first kappa shape index (κ1) is 14.3. The van der Waals surface area contributed by atoms with Crippen molar-refractivity contribution >= 4 is 11.7 Å². The van der Waals surface area contributed by atoms with Crippen LogP contribution in [0, 0.1) is 5.92 Å². The molecule has 0 spiro atoms. The highest BCUT2D eigenvalue weighted by Gasteiger charge is 2.26. The van der Waals surface area contributed by atoms with E-state index < -0.39 is 5.92 Å². The molecule has 0 saturated carbocycles. The minimum Gasteiger partial charge on any atom is -0.409 e. The summed E-state index contributed by atoms with van der Waals surface area (Å²) in [5.74, 6) is -0.819. The molecule has 1 fully saturated rings. The smallest absolute Gasteiger partial charge is 0.235 e. The molecular formula is C14H19N3O3. The Labute approximate surface area is 117 Å². The molecule has 0 bridgehead atoms. The van der Waals surface area contributed by atoms with Crippen LogP contribution in [-0.4, -0.2) is 36.7 Å². The maximum Gasteiger partial charge on any atom is 0.235 e. The largest absolute Gasteiger partial charge is 0.409 e. The Kier molecular flexibility index (Phi) is 4.95. The monoisotopic (exact) mass is 277 g/mol. The van der Waals surface area contributed by atoms with Crippen molar-refractivity contribution in [2.45, 2.75) is 12.3 Å². The summed E-state index contributed by atoms with van der Waals surface area (Å²) >= 11 is 0. The van der Waals surface area contributed by atoms with Crippen molar-refractivity contribution in [3.63, 3.8) is 0 Å². The molecule has 1 aromatic rings. The maximum absolute atomic E-state index is 12.3. The number of rotatable bonds is 5. The average Bonchev–Trinajstić information content (AvgIpc) is 2.99. The molecule has 1 aromatic carbocycles. The number of amidine groups is 1. The van der Waals surface area contributed by atoms with E-state index in [1.165, 1.54) is 0 Å². The van der Waals surface area contributed by atoms with E-state index >= 15 is 0 Å². The summed E-state index contributed by atoms with van der Waals surface area (Å²) in [6.45, 7) is 1.95. The second-order valence-corrected chi connectivity index (χ2v) is 4.84. The van der Waals surface area contributed by atoms with Gasteiger partial charge in [-0.05, 0) is 12.0 Å². The van der Waals surface area contributed by atoms with Gasteiger partial charge < -0.3 is 21.0 Å². The predicted octanol–water partition coefficient (Wildman–Crippen LogP) is 0.669. The van der Waals surface area contributed by atoms with Gasteiger partial charge in [-0.1, -0.05) is 35.5 Å². The number of carbonyl (C=O) groups excluding carboxylic acids is 1. The lowest BCUT2D eigenvalue weighted by atomic mass is 9.97. The Balaban J connectivity index is 2.04. The van der Waals surface area contributed by atoms with Gasteiger partial charge >= 0.3 is 0 Å². The third-order valence-corrected chi connectivity index (χ3v) is 3.40. The van der Waals surface area contributed by atoms with Crippen molar-refractivity contribution in [2.75, 3.05) is 19.8 Å². The molecule has 1 aliphatic heterocycles. The number of hydrogen-bond donors (Lipinski definition) is 3. The van der Waals surface area contributed by atoms with Gasteiger partial charge in [-0.3, -0.25) is 4.79 Å². The van der Waals surface area contributed by atoms with Crippen LogP contribution in [0.1, 0.15) is 17.9 Å². The van der Waals surface area contributed by atoms with Crippen molar-refractivity contribution < 1.29 is 14.7 Å². The van der Waals surface area contributed by atoms with Gasteiger partial charge in [0.2, 0.25) is 5.91 Å². The fraction of sp³-hybridized carbons (Fsp3) is 0.429. The van der Waals surface area contributed by atoms with Crippen molar-refractivity contribution in [3.8, 4) is 0 Å². The molecule has 0 radical (unpaired) electrons. The number of benzene rings is 1. The highest BCUT2D eigenvalue weighted by Crippen LogP contribution is 2.17. The summed E-state index contributed by atoms with van der Waals surface area (Å²) in [5, 5.41) is 14.7. The van der Waals surface area contributed by atoms with Gasteiger partial charge in [0.1, 0.15) is 5.92 Å². The summed E-state index contributed by atoms with van der Waals surface area (Å²) in [7, 11) is 0. The zero-order chi connectivity index (χ0) is 14.4. The molecule has 1 heterocycles. The van der Waals surface area contributed by atoms with Crippen LogP contribution in [0.5, 0.6) is 0 Å². The molecule has 0 aromatic heterocycles. The Morgan fingerprint density at radius 3 is 2.85 bits per heavy atom.